The predicted molar refractivity (Wildman–Crippen MR) is 169 cm³/mol. The van der Waals surface area contributed by atoms with Gasteiger partial charge in [-0.1, -0.05) is 66.2 Å². The molecule has 0 fully saturated rings. The van der Waals surface area contributed by atoms with Gasteiger partial charge in [0.1, 0.15) is 10.8 Å². The number of amides is 2. The third-order valence-corrected chi connectivity index (χ3v) is 7.94. The standard InChI is InChI=1S/C35H27N3O3S/c1-23-14-16-25(17-15-23)33(39)37-28-10-7-11-29(22-28)42-32(24-8-3-2-4-9-24)34(40)36-27-20-18-26(19-21-27)35-38-30-12-5-6-13-31(30)41-35/h2-22,32H,1H3,(H,36,40)(H,37,39). The lowest BCUT2D eigenvalue weighted by molar-refractivity contribution is -0.115. The SMILES string of the molecule is Cc1ccc(C(=O)Nc2cccc(SC(C(=O)Nc3ccc(-c4nc5ccccc5o4)cc3)c3ccccc3)c2)cc1. The van der Waals surface area contributed by atoms with E-state index in [0.717, 1.165) is 32.7 Å². The van der Waals surface area contributed by atoms with E-state index in [0.29, 0.717) is 22.8 Å². The van der Waals surface area contributed by atoms with Gasteiger partial charge in [0, 0.05) is 27.4 Å². The summed E-state index contributed by atoms with van der Waals surface area (Å²) in [6.07, 6.45) is 0. The Morgan fingerprint density at radius 1 is 0.738 bits per heavy atom. The Balaban J connectivity index is 1.18. The zero-order valence-electron chi connectivity index (χ0n) is 22.8. The smallest absolute Gasteiger partial charge is 0.255 e. The molecule has 0 saturated heterocycles. The van der Waals surface area contributed by atoms with Gasteiger partial charge in [-0.05, 0) is 79.2 Å². The number of thioether (sulfide) groups is 1. The molecule has 6 aromatic rings. The number of oxazole rings is 1. The lowest BCUT2D eigenvalue weighted by atomic mass is 10.1. The number of nitrogens with one attached hydrogen (secondary N) is 2. The van der Waals surface area contributed by atoms with Crippen LogP contribution in [-0.4, -0.2) is 16.8 Å². The molecule has 1 aromatic heterocycles. The minimum absolute atomic E-state index is 0.157. The van der Waals surface area contributed by atoms with Crippen molar-refractivity contribution in [1.82, 2.24) is 4.98 Å². The molecule has 0 saturated carbocycles. The number of para-hydroxylation sites is 2. The maximum absolute atomic E-state index is 13.6. The highest BCUT2D eigenvalue weighted by atomic mass is 32.2. The summed E-state index contributed by atoms with van der Waals surface area (Å²) < 4.78 is 5.87. The molecule has 0 aliphatic carbocycles. The molecule has 1 atom stereocenters. The van der Waals surface area contributed by atoms with E-state index in [2.05, 4.69) is 15.6 Å². The van der Waals surface area contributed by atoms with Crippen LogP contribution in [0.5, 0.6) is 0 Å². The molecule has 0 bridgehead atoms. The molecule has 6 nitrogen and oxygen atoms in total. The van der Waals surface area contributed by atoms with Crippen molar-refractivity contribution in [3.63, 3.8) is 0 Å². The van der Waals surface area contributed by atoms with Crippen LogP contribution in [-0.2, 0) is 4.79 Å². The molecule has 42 heavy (non-hydrogen) atoms. The normalized spacial score (nSPS) is 11.6. The highest BCUT2D eigenvalue weighted by molar-refractivity contribution is 8.00. The molecule has 7 heteroatoms. The number of aryl methyl sites for hydroxylation is 1. The molecule has 1 heterocycles. The van der Waals surface area contributed by atoms with Gasteiger partial charge in [-0.25, -0.2) is 4.98 Å². The fourth-order valence-corrected chi connectivity index (χ4v) is 5.58. The van der Waals surface area contributed by atoms with Crippen molar-refractivity contribution in [2.45, 2.75) is 17.1 Å². The number of hydrogen-bond acceptors (Lipinski definition) is 5. The number of hydrogen-bond donors (Lipinski definition) is 2. The second-order valence-corrected chi connectivity index (χ2v) is 11.0. The Labute approximate surface area is 247 Å². The molecule has 2 N–H and O–H groups in total. The zero-order chi connectivity index (χ0) is 28.9. The molecule has 5 aromatic carbocycles. The zero-order valence-corrected chi connectivity index (χ0v) is 23.6. The van der Waals surface area contributed by atoms with Crippen molar-refractivity contribution >= 4 is 46.1 Å². The number of fused-ring (bicyclic) bond motifs is 1. The van der Waals surface area contributed by atoms with Gasteiger partial charge in [0.25, 0.3) is 5.91 Å². The maximum atomic E-state index is 13.6. The van der Waals surface area contributed by atoms with Crippen LogP contribution < -0.4 is 10.6 Å². The Morgan fingerprint density at radius 2 is 1.48 bits per heavy atom. The molecule has 0 aliphatic rings. The van der Waals surface area contributed by atoms with Crippen LogP contribution in [0.3, 0.4) is 0 Å². The first-order chi connectivity index (χ1) is 20.5. The van der Waals surface area contributed by atoms with Crippen LogP contribution in [0.1, 0.15) is 26.7 Å². The number of nitrogens with zero attached hydrogens (tertiary/aromatic N) is 1. The van der Waals surface area contributed by atoms with Gasteiger partial charge in [0.05, 0.1) is 0 Å². The van der Waals surface area contributed by atoms with Gasteiger partial charge in [0.15, 0.2) is 5.58 Å². The second-order valence-electron chi connectivity index (χ2n) is 9.81. The van der Waals surface area contributed by atoms with E-state index >= 15 is 0 Å². The lowest BCUT2D eigenvalue weighted by Gasteiger charge is -2.18. The molecule has 2 amide bonds. The first kappa shape index (κ1) is 27.1. The summed E-state index contributed by atoms with van der Waals surface area (Å²) in [5.41, 5.74) is 6.22. The molecule has 6 rings (SSSR count). The van der Waals surface area contributed by atoms with E-state index in [1.54, 1.807) is 12.1 Å². The predicted octanol–water partition coefficient (Wildman–Crippen LogP) is 8.53. The first-order valence-corrected chi connectivity index (χ1v) is 14.4. The minimum atomic E-state index is -0.522. The first-order valence-electron chi connectivity index (χ1n) is 13.5. The molecule has 0 aliphatic heterocycles. The summed E-state index contributed by atoms with van der Waals surface area (Å²) in [6.45, 7) is 1.98. The number of carbonyl (C=O) groups is 2. The van der Waals surface area contributed by atoms with Gasteiger partial charge in [0.2, 0.25) is 11.8 Å². The number of rotatable bonds is 8. The van der Waals surface area contributed by atoms with Crippen LogP contribution in [0.2, 0.25) is 0 Å². The fourth-order valence-electron chi connectivity index (χ4n) is 4.49. The van der Waals surface area contributed by atoms with Crippen molar-refractivity contribution in [2.24, 2.45) is 0 Å². The summed E-state index contributed by atoms with van der Waals surface area (Å²) in [5, 5.41) is 5.50. The molecule has 206 valence electrons. The summed E-state index contributed by atoms with van der Waals surface area (Å²) in [7, 11) is 0. The van der Waals surface area contributed by atoms with Gasteiger partial charge in [-0.15, -0.1) is 11.8 Å². The van der Waals surface area contributed by atoms with E-state index in [1.807, 2.05) is 122 Å². The Morgan fingerprint density at radius 3 is 2.24 bits per heavy atom. The third kappa shape index (κ3) is 6.27. The lowest BCUT2D eigenvalue weighted by Crippen LogP contribution is -2.19. The van der Waals surface area contributed by atoms with Crippen LogP contribution in [0, 0.1) is 6.92 Å². The van der Waals surface area contributed by atoms with Crippen molar-refractivity contribution in [3.8, 4) is 11.5 Å². The summed E-state index contributed by atoms with van der Waals surface area (Å²) in [5.74, 6) is 0.187. The average Bonchev–Trinajstić information content (AvgIpc) is 3.46. The van der Waals surface area contributed by atoms with E-state index in [4.69, 9.17) is 4.42 Å². The van der Waals surface area contributed by atoms with E-state index < -0.39 is 5.25 Å². The molecular formula is C35H27N3O3S. The Kier molecular flexibility index (Phi) is 7.83. The number of aromatic nitrogens is 1. The summed E-state index contributed by atoms with van der Waals surface area (Å²) in [6, 6.07) is 39.7. The molecule has 0 spiro atoms. The van der Waals surface area contributed by atoms with Crippen LogP contribution in [0.4, 0.5) is 11.4 Å². The van der Waals surface area contributed by atoms with E-state index in [1.165, 1.54) is 11.8 Å². The summed E-state index contributed by atoms with van der Waals surface area (Å²) >= 11 is 1.42. The van der Waals surface area contributed by atoms with Crippen molar-refractivity contribution < 1.29 is 14.0 Å². The van der Waals surface area contributed by atoms with Gasteiger partial charge in [-0.2, -0.15) is 0 Å². The quantitative estimate of drug-likeness (QED) is 0.180. The number of anilines is 2. The van der Waals surface area contributed by atoms with Crippen molar-refractivity contribution in [1.29, 1.82) is 0 Å². The largest absolute Gasteiger partial charge is 0.436 e. The molecule has 1 unspecified atom stereocenters. The highest BCUT2D eigenvalue weighted by Gasteiger charge is 2.23. The van der Waals surface area contributed by atoms with Crippen LogP contribution in [0.15, 0.2) is 137 Å². The van der Waals surface area contributed by atoms with E-state index in [9.17, 15) is 9.59 Å². The Hall–Kier alpha value is -5.14. The van der Waals surface area contributed by atoms with E-state index in [-0.39, 0.29) is 11.8 Å². The van der Waals surface area contributed by atoms with Crippen LogP contribution >= 0.6 is 11.8 Å². The van der Waals surface area contributed by atoms with Crippen molar-refractivity contribution in [2.75, 3.05) is 10.6 Å². The summed E-state index contributed by atoms with van der Waals surface area (Å²) in [4.78, 5) is 31.8. The Bertz CT molecular complexity index is 1820. The third-order valence-electron chi connectivity index (χ3n) is 6.69. The fraction of sp³-hybridized carbons (Fsp3) is 0.0571. The van der Waals surface area contributed by atoms with Crippen molar-refractivity contribution in [3.05, 3.63) is 144 Å². The second kappa shape index (κ2) is 12.2. The average molecular weight is 570 g/mol. The maximum Gasteiger partial charge on any atom is 0.255 e. The van der Waals surface area contributed by atoms with Gasteiger partial charge < -0.3 is 15.1 Å². The highest BCUT2D eigenvalue weighted by Crippen LogP contribution is 2.37. The topological polar surface area (TPSA) is 84.2 Å². The van der Waals surface area contributed by atoms with Gasteiger partial charge in [-0.3, -0.25) is 9.59 Å². The minimum Gasteiger partial charge on any atom is -0.436 e. The number of carbonyl (C=O) groups excluding carboxylic acids is 2. The van der Waals surface area contributed by atoms with Gasteiger partial charge >= 0.3 is 0 Å². The molecule has 0 radical (unpaired) electrons. The van der Waals surface area contributed by atoms with Crippen LogP contribution in [0.25, 0.3) is 22.6 Å². The molecular weight excluding hydrogens is 542 g/mol. The monoisotopic (exact) mass is 569 g/mol. The number of benzene rings is 5.